The summed E-state index contributed by atoms with van der Waals surface area (Å²) in [6, 6.07) is 8.43. The van der Waals surface area contributed by atoms with Crippen molar-refractivity contribution in [1.29, 1.82) is 0 Å². The van der Waals surface area contributed by atoms with Crippen LogP contribution < -0.4 is 10.2 Å². The van der Waals surface area contributed by atoms with Gasteiger partial charge in [-0.05, 0) is 23.1 Å². The van der Waals surface area contributed by atoms with E-state index in [1.54, 1.807) is 6.20 Å². The highest BCUT2D eigenvalue weighted by atomic mass is 16.7. The zero-order valence-corrected chi connectivity index (χ0v) is 16.2. The maximum Gasteiger partial charge on any atom is 0.247 e. The molecule has 2 aliphatic heterocycles. The zero-order valence-electron chi connectivity index (χ0n) is 16.2. The molecule has 7 heteroatoms. The SMILES string of the molecule is CC(C)(C)c1ccc(Nc2cnnc(N3CCC4(CC3)OCCO4)n2)cc1. The highest BCUT2D eigenvalue weighted by Gasteiger charge is 2.40. The molecule has 2 saturated heterocycles. The molecule has 2 aliphatic rings. The second-order valence-corrected chi connectivity index (χ2v) is 8.19. The van der Waals surface area contributed by atoms with Crippen molar-refractivity contribution in [2.24, 2.45) is 0 Å². The number of ether oxygens (including phenoxy) is 2. The van der Waals surface area contributed by atoms with Crippen LogP contribution in [0, 0.1) is 0 Å². The fourth-order valence-electron chi connectivity index (χ4n) is 3.52. The van der Waals surface area contributed by atoms with E-state index >= 15 is 0 Å². The van der Waals surface area contributed by atoms with Crippen molar-refractivity contribution < 1.29 is 9.47 Å². The van der Waals surface area contributed by atoms with Crippen LogP contribution in [0.5, 0.6) is 0 Å². The largest absolute Gasteiger partial charge is 0.347 e. The van der Waals surface area contributed by atoms with Gasteiger partial charge >= 0.3 is 0 Å². The molecule has 0 aliphatic carbocycles. The van der Waals surface area contributed by atoms with Crippen LogP contribution in [-0.4, -0.2) is 47.3 Å². The van der Waals surface area contributed by atoms with E-state index in [1.807, 2.05) is 0 Å². The Morgan fingerprint density at radius 2 is 1.70 bits per heavy atom. The molecule has 27 heavy (non-hydrogen) atoms. The van der Waals surface area contributed by atoms with E-state index < -0.39 is 5.79 Å². The monoisotopic (exact) mass is 369 g/mol. The number of rotatable bonds is 3. The fraction of sp³-hybridized carbons (Fsp3) is 0.550. The summed E-state index contributed by atoms with van der Waals surface area (Å²) >= 11 is 0. The minimum absolute atomic E-state index is 0.139. The molecule has 0 saturated carbocycles. The lowest BCUT2D eigenvalue weighted by Crippen LogP contribution is -2.45. The van der Waals surface area contributed by atoms with Crippen LogP contribution >= 0.6 is 0 Å². The van der Waals surface area contributed by atoms with Gasteiger partial charge in [-0.15, -0.1) is 5.10 Å². The molecule has 2 fully saturated rings. The molecule has 0 bridgehead atoms. The van der Waals surface area contributed by atoms with Gasteiger partial charge in [0.25, 0.3) is 0 Å². The Bertz CT molecular complexity index is 772. The summed E-state index contributed by atoms with van der Waals surface area (Å²) in [6.45, 7) is 9.59. The van der Waals surface area contributed by atoms with Gasteiger partial charge in [0.05, 0.1) is 19.4 Å². The maximum absolute atomic E-state index is 5.78. The summed E-state index contributed by atoms with van der Waals surface area (Å²) in [5, 5.41) is 11.7. The van der Waals surface area contributed by atoms with E-state index in [0.29, 0.717) is 25.0 Å². The van der Waals surface area contributed by atoms with Gasteiger partial charge in [-0.3, -0.25) is 0 Å². The van der Waals surface area contributed by atoms with Crippen LogP contribution in [0.3, 0.4) is 0 Å². The lowest BCUT2D eigenvalue weighted by atomic mass is 9.87. The third-order valence-electron chi connectivity index (χ3n) is 5.19. The number of aromatic nitrogens is 3. The lowest BCUT2D eigenvalue weighted by Gasteiger charge is -2.37. The molecule has 1 aromatic carbocycles. The molecule has 0 radical (unpaired) electrons. The van der Waals surface area contributed by atoms with Crippen molar-refractivity contribution in [2.45, 2.75) is 44.8 Å². The van der Waals surface area contributed by atoms with Crippen molar-refractivity contribution in [3.05, 3.63) is 36.0 Å². The Balaban J connectivity index is 1.42. The van der Waals surface area contributed by atoms with Crippen LogP contribution in [0.4, 0.5) is 17.5 Å². The van der Waals surface area contributed by atoms with Crippen LogP contribution in [0.25, 0.3) is 0 Å². The van der Waals surface area contributed by atoms with Crippen molar-refractivity contribution in [3.8, 4) is 0 Å². The average molecular weight is 369 g/mol. The summed E-state index contributed by atoms with van der Waals surface area (Å²) in [6.07, 6.45) is 3.29. The Kier molecular flexibility index (Phi) is 4.74. The van der Waals surface area contributed by atoms with Crippen LogP contribution in [-0.2, 0) is 14.9 Å². The van der Waals surface area contributed by atoms with E-state index in [0.717, 1.165) is 31.6 Å². The standard InChI is InChI=1S/C20H27N5O2/c1-19(2,3)15-4-6-16(7-5-15)22-17-14-21-24-18(23-17)25-10-8-20(9-11-25)26-12-13-27-20/h4-7,14H,8-13H2,1-3H3,(H,22,23,24). The second kappa shape index (κ2) is 7.05. The number of anilines is 3. The molecule has 3 heterocycles. The number of hydrogen-bond acceptors (Lipinski definition) is 7. The highest BCUT2D eigenvalue weighted by molar-refractivity contribution is 5.57. The van der Waals surface area contributed by atoms with E-state index in [1.165, 1.54) is 5.56 Å². The fourth-order valence-corrected chi connectivity index (χ4v) is 3.52. The van der Waals surface area contributed by atoms with Crippen LogP contribution in [0.1, 0.15) is 39.2 Å². The number of piperidine rings is 1. The van der Waals surface area contributed by atoms with Gasteiger partial charge in [-0.2, -0.15) is 10.1 Å². The molecule has 0 amide bonds. The molecular weight excluding hydrogens is 342 g/mol. The summed E-state index contributed by atoms with van der Waals surface area (Å²) < 4.78 is 11.6. The molecule has 0 unspecified atom stereocenters. The first-order valence-corrected chi connectivity index (χ1v) is 9.54. The quantitative estimate of drug-likeness (QED) is 0.890. The minimum atomic E-state index is -0.394. The Morgan fingerprint density at radius 3 is 2.33 bits per heavy atom. The molecule has 1 aromatic heterocycles. The van der Waals surface area contributed by atoms with Crippen molar-refractivity contribution in [3.63, 3.8) is 0 Å². The number of benzene rings is 1. The number of hydrogen-bond donors (Lipinski definition) is 1. The first kappa shape index (κ1) is 18.1. The third kappa shape index (κ3) is 4.04. The van der Waals surface area contributed by atoms with Gasteiger partial charge in [0, 0.05) is 31.6 Å². The first-order valence-electron chi connectivity index (χ1n) is 9.54. The molecule has 2 aromatic rings. The summed E-state index contributed by atoms with van der Waals surface area (Å²) in [4.78, 5) is 6.77. The van der Waals surface area contributed by atoms with E-state index in [2.05, 4.69) is 70.4 Å². The van der Waals surface area contributed by atoms with Gasteiger partial charge in [-0.25, -0.2) is 0 Å². The van der Waals surface area contributed by atoms with Crippen molar-refractivity contribution >= 4 is 17.5 Å². The third-order valence-corrected chi connectivity index (χ3v) is 5.19. The number of nitrogens with zero attached hydrogens (tertiary/aromatic N) is 4. The molecule has 1 N–H and O–H groups in total. The summed E-state index contributed by atoms with van der Waals surface area (Å²) in [5.41, 5.74) is 2.42. The van der Waals surface area contributed by atoms with E-state index in [9.17, 15) is 0 Å². The Hall–Kier alpha value is -2.25. The molecule has 1 spiro atoms. The molecular formula is C20H27N5O2. The van der Waals surface area contributed by atoms with Gasteiger partial charge in [0.1, 0.15) is 0 Å². The normalized spacial score (nSPS) is 19.4. The van der Waals surface area contributed by atoms with E-state index in [-0.39, 0.29) is 5.41 Å². The summed E-state index contributed by atoms with van der Waals surface area (Å²) in [7, 11) is 0. The Labute approximate surface area is 160 Å². The summed E-state index contributed by atoms with van der Waals surface area (Å²) in [5.74, 6) is 0.936. The molecule has 4 rings (SSSR count). The Morgan fingerprint density at radius 1 is 1.04 bits per heavy atom. The van der Waals surface area contributed by atoms with Gasteiger partial charge in [0.15, 0.2) is 11.6 Å². The van der Waals surface area contributed by atoms with Crippen molar-refractivity contribution in [2.75, 3.05) is 36.5 Å². The molecule has 0 atom stereocenters. The van der Waals surface area contributed by atoms with Crippen molar-refractivity contribution in [1.82, 2.24) is 15.2 Å². The average Bonchev–Trinajstić information content (AvgIpc) is 3.10. The predicted molar refractivity (Wildman–Crippen MR) is 104 cm³/mol. The molecule has 144 valence electrons. The lowest BCUT2D eigenvalue weighted by molar-refractivity contribution is -0.169. The van der Waals surface area contributed by atoms with Crippen LogP contribution in [0.2, 0.25) is 0 Å². The van der Waals surface area contributed by atoms with Gasteiger partial charge in [-0.1, -0.05) is 32.9 Å². The minimum Gasteiger partial charge on any atom is -0.347 e. The first-order chi connectivity index (χ1) is 12.9. The van der Waals surface area contributed by atoms with Crippen LogP contribution in [0.15, 0.2) is 30.5 Å². The maximum atomic E-state index is 5.78. The molecule has 7 nitrogen and oxygen atoms in total. The topological polar surface area (TPSA) is 72.4 Å². The number of nitrogens with one attached hydrogen (secondary N) is 1. The smallest absolute Gasteiger partial charge is 0.247 e. The van der Waals surface area contributed by atoms with Gasteiger partial charge in [0.2, 0.25) is 5.95 Å². The second-order valence-electron chi connectivity index (χ2n) is 8.19. The predicted octanol–water partition coefficient (Wildman–Crippen LogP) is 3.26. The van der Waals surface area contributed by atoms with E-state index in [4.69, 9.17) is 9.47 Å². The highest BCUT2D eigenvalue weighted by Crippen LogP contribution is 2.32. The van der Waals surface area contributed by atoms with Gasteiger partial charge < -0.3 is 19.7 Å². The zero-order chi connectivity index (χ0) is 18.9.